The van der Waals surface area contributed by atoms with Gasteiger partial charge in [0.2, 0.25) is 0 Å². The first-order valence-corrected chi connectivity index (χ1v) is 14.3. The second kappa shape index (κ2) is 14.1. The molecule has 4 rings (SSSR count). The van der Waals surface area contributed by atoms with Gasteiger partial charge in [0.1, 0.15) is 23.9 Å². The molecule has 4 heterocycles. The molecule has 4 atom stereocenters. The van der Waals surface area contributed by atoms with Gasteiger partial charge in [-0.05, 0) is 12.1 Å². The molecule has 43 heavy (non-hydrogen) atoms. The zero-order valence-electron chi connectivity index (χ0n) is 24.6. The molecule has 0 N–H and O–H groups in total. The average Bonchev–Trinajstić information content (AvgIpc) is 2.96. The highest BCUT2D eigenvalue weighted by atomic mass is 19.4. The molecule has 0 saturated carbocycles. The van der Waals surface area contributed by atoms with E-state index in [1.54, 1.807) is 24.5 Å². The van der Waals surface area contributed by atoms with E-state index >= 15 is 0 Å². The summed E-state index contributed by atoms with van der Waals surface area (Å²) in [6.07, 6.45) is -13.6. The predicted molar refractivity (Wildman–Crippen MR) is 143 cm³/mol. The normalized spacial score (nSPS) is 22.7. The monoisotopic (exact) mass is 620 g/mol. The number of halogens is 6. The molecular formula is C28H38F6N6O3. The maximum absolute atomic E-state index is 14.1. The van der Waals surface area contributed by atoms with Crippen LogP contribution in [0.3, 0.4) is 0 Å². The Morgan fingerprint density at radius 1 is 0.744 bits per heavy atom. The van der Waals surface area contributed by atoms with Gasteiger partial charge >= 0.3 is 12.4 Å². The zero-order chi connectivity index (χ0) is 31.4. The molecule has 9 nitrogen and oxygen atoms in total. The minimum absolute atomic E-state index is 0.0175. The number of morpholine rings is 2. The molecule has 0 aromatic carbocycles. The van der Waals surface area contributed by atoms with Crippen LogP contribution in [0.2, 0.25) is 0 Å². The van der Waals surface area contributed by atoms with E-state index in [0.717, 1.165) is 0 Å². The molecule has 2 aromatic rings. The summed E-state index contributed by atoms with van der Waals surface area (Å²) in [5.41, 5.74) is 1.01. The molecule has 240 valence electrons. The summed E-state index contributed by atoms with van der Waals surface area (Å²) >= 11 is 0. The number of nitrogens with zero attached hydrogens (tertiary/aromatic N) is 6. The zero-order valence-corrected chi connectivity index (χ0v) is 24.6. The molecule has 2 aromatic heterocycles. The Labute approximate surface area is 247 Å². The van der Waals surface area contributed by atoms with Gasteiger partial charge in [0.15, 0.2) is 12.2 Å². The molecule has 0 spiro atoms. The molecule has 2 aliphatic rings. The van der Waals surface area contributed by atoms with E-state index in [4.69, 9.17) is 14.2 Å². The lowest BCUT2D eigenvalue weighted by molar-refractivity contribution is -0.292. The van der Waals surface area contributed by atoms with Crippen LogP contribution in [0.15, 0.2) is 24.5 Å². The Balaban J connectivity index is 1.44. The van der Waals surface area contributed by atoms with Crippen LogP contribution in [0, 0.1) is 0 Å². The number of rotatable bonds is 10. The molecule has 2 aliphatic heterocycles. The summed E-state index contributed by atoms with van der Waals surface area (Å²) < 4.78 is 101. The van der Waals surface area contributed by atoms with E-state index in [9.17, 15) is 26.3 Å². The van der Waals surface area contributed by atoms with Crippen molar-refractivity contribution in [3.8, 4) is 0 Å². The first kappa shape index (κ1) is 33.4. The maximum atomic E-state index is 14.1. The molecule has 2 fully saturated rings. The lowest BCUT2D eigenvalue weighted by atomic mass is 10.1. The quantitative estimate of drug-likeness (QED) is 0.347. The van der Waals surface area contributed by atoms with Gasteiger partial charge in [-0.25, -0.2) is 19.9 Å². The summed E-state index contributed by atoms with van der Waals surface area (Å²) in [4.78, 5) is 20.1. The number of hydrogen-bond acceptors (Lipinski definition) is 9. The van der Waals surface area contributed by atoms with Crippen LogP contribution in [-0.2, 0) is 14.2 Å². The molecule has 0 radical (unpaired) electrons. The standard InChI is InChI=1S/C28H38F6N6O3/c1-17(2)25-35-7-5-19(37-25)21-13-39(9-11-41-21)15-23(27(29,30)31)43-24(28(32,33)34)16-40-10-12-42-22(14-40)20-6-8-36-26(38-20)18(3)4/h5-8,17-18,21-24H,9-16H2,1-4H3/t21-,22-,23+,24+/m1/s1. The number of aromatic nitrogens is 4. The molecule has 2 saturated heterocycles. The van der Waals surface area contributed by atoms with Gasteiger partial charge in [-0.2, -0.15) is 26.3 Å². The Kier molecular flexibility index (Phi) is 11.0. The highest BCUT2D eigenvalue weighted by molar-refractivity contribution is 5.10. The van der Waals surface area contributed by atoms with Crippen LogP contribution < -0.4 is 0 Å². The lowest BCUT2D eigenvalue weighted by Gasteiger charge is -2.38. The van der Waals surface area contributed by atoms with Crippen LogP contribution >= 0.6 is 0 Å². The third-order valence-corrected chi connectivity index (χ3v) is 7.29. The smallest absolute Gasteiger partial charge is 0.369 e. The van der Waals surface area contributed by atoms with Crippen molar-refractivity contribution in [2.24, 2.45) is 0 Å². The average molecular weight is 621 g/mol. The van der Waals surface area contributed by atoms with Gasteiger partial charge < -0.3 is 14.2 Å². The van der Waals surface area contributed by atoms with Crippen molar-refractivity contribution in [3.05, 3.63) is 47.6 Å². The maximum Gasteiger partial charge on any atom is 0.415 e. The van der Waals surface area contributed by atoms with E-state index in [-0.39, 0.29) is 51.2 Å². The number of alkyl halides is 6. The molecular weight excluding hydrogens is 582 g/mol. The Bertz CT molecular complexity index is 1090. The van der Waals surface area contributed by atoms with Gasteiger partial charge in [0.25, 0.3) is 0 Å². The minimum atomic E-state index is -5.03. The molecule has 0 unspecified atom stereocenters. The van der Waals surface area contributed by atoms with Gasteiger partial charge in [0.05, 0.1) is 24.6 Å². The number of hydrogen-bond donors (Lipinski definition) is 0. The summed E-state index contributed by atoms with van der Waals surface area (Å²) in [5, 5.41) is 0. The second-order valence-corrected chi connectivity index (χ2v) is 11.4. The van der Waals surface area contributed by atoms with Crippen molar-refractivity contribution < 1.29 is 40.6 Å². The number of ether oxygens (including phenoxy) is 3. The van der Waals surface area contributed by atoms with Crippen molar-refractivity contribution >= 4 is 0 Å². The van der Waals surface area contributed by atoms with Crippen molar-refractivity contribution in [1.82, 2.24) is 29.7 Å². The van der Waals surface area contributed by atoms with Gasteiger partial charge in [-0.3, -0.25) is 9.80 Å². The summed E-state index contributed by atoms with van der Waals surface area (Å²) in [7, 11) is 0. The first-order chi connectivity index (χ1) is 20.2. The topological polar surface area (TPSA) is 85.7 Å². The summed E-state index contributed by atoms with van der Waals surface area (Å²) in [5.74, 6) is 1.19. The van der Waals surface area contributed by atoms with Crippen LogP contribution in [0.4, 0.5) is 26.3 Å². The van der Waals surface area contributed by atoms with Gasteiger partial charge in [-0.15, -0.1) is 0 Å². The van der Waals surface area contributed by atoms with Crippen molar-refractivity contribution in [1.29, 1.82) is 0 Å². The minimum Gasteiger partial charge on any atom is -0.369 e. The van der Waals surface area contributed by atoms with E-state index in [1.165, 1.54) is 9.80 Å². The summed E-state index contributed by atoms with van der Waals surface area (Å²) in [6.45, 7) is 6.51. The molecule has 0 amide bonds. The lowest BCUT2D eigenvalue weighted by Crippen LogP contribution is -2.53. The summed E-state index contributed by atoms with van der Waals surface area (Å²) in [6, 6.07) is 3.25. The van der Waals surface area contributed by atoms with E-state index < -0.39 is 49.9 Å². The van der Waals surface area contributed by atoms with Crippen molar-refractivity contribution in [2.75, 3.05) is 52.5 Å². The third kappa shape index (κ3) is 9.27. The first-order valence-electron chi connectivity index (χ1n) is 14.3. The van der Waals surface area contributed by atoms with Crippen LogP contribution in [0.1, 0.15) is 74.8 Å². The second-order valence-electron chi connectivity index (χ2n) is 11.4. The van der Waals surface area contributed by atoms with Crippen LogP contribution in [0.25, 0.3) is 0 Å². The Morgan fingerprint density at radius 2 is 1.14 bits per heavy atom. The Hall–Kier alpha value is -2.46. The fourth-order valence-electron chi connectivity index (χ4n) is 4.90. The van der Waals surface area contributed by atoms with E-state index in [0.29, 0.717) is 23.0 Å². The SMILES string of the molecule is CC(C)c1nccc([C@H]2CN(C[C@H](O[C@@H](CN3CCO[C@@H](c4ccnc(C(C)C)n4)C3)C(F)(F)F)C(F)(F)F)CCO2)n1. The molecule has 0 bridgehead atoms. The predicted octanol–water partition coefficient (Wildman–Crippen LogP) is 4.84. The van der Waals surface area contributed by atoms with E-state index in [2.05, 4.69) is 19.9 Å². The molecule has 15 heteroatoms. The fraction of sp³-hybridized carbons (Fsp3) is 0.714. The highest BCUT2D eigenvalue weighted by Gasteiger charge is 2.50. The highest BCUT2D eigenvalue weighted by Crippen LogP contribution is 2.33. The largest absolute Gasteiger partial charge is 0.415 e. The fourth-order valence-corrected chi connectivity index (χ4v) is 4.90. The van der Waals surface area contributed by atoms with Crippen LogP contribution in [0.5, 0.6) is 0 Å². The van der Waals surface area contributed by atoms with Crippen molar-refractivity contribution in [2.45, 2.75) is 76.3 Å². The van der Waals surface area contributed by atoms with E-state index in [1.807, 2.05) is 27.7 Å². The third-order valence-electron chi connectivity index (χ3n) is 7.29. The molecule has 0 aliphatic carbocycles. The van der Waals surface area contributed by atoms with Crippen molar-refractivity contribution in [3.63, 3.8) is 0 Å². The van der Waals surface area contributed by atoms with Crippen LogP contribution in [-0.4, -0.2) is 107 Å². The van der Waals surface area contributed by atoms with Gasteiger partial charge in [-0.1, -0.05) is 27.7 Å². The van der Waals surface area contributed by atoms with Gasteiger partial charge in [0, 0.05) is 63.5 Å². The Morgan fingerprint density at radius 3 is 1.49 bits per heavy atom.